The highest BCUT2D eigenvalue weighted by Gasteiger charge is 2.32. The van der Waals surface area contributed by atoms with Crippen molar-refractivity contribution in [1.82, 2.24) is 24.5 Å². The minimum absolute atomic E-state index is 0.119. The number of carbonyl (C=O) groups excluding carboxylic acids is 1. The molecule has 0 aliphatic carbocycles. The molecule has 1 N–H and O–H groups in total. The summed E-state index contributed by atoms with van der Waals surface area (Å²) in [7, 11) is 1.66. The Morgan fingerprint density at radius 1 is 1.18 bits per heavy atom. The lowest BCUT2D eigenvalue weighted by Crippen LogP contribution is -2.28. The molecule has 198 valence electrons. The molecule has 2 aromatic carbocycles. The quantitative estimate of drug-likeness (QED) is 0.311. The van der Waals surface area contributed by atoms with Crippen LogP contribution in [0, 0.1) is 19.7 Å². The summed E-state index contributed by atoms with van der Waals surface area (Å²) in [4.78, 5) is 18.1. The molecule has 38 heavy (non-hydrogen) atoms. The molecule has 0 saturated carbocycles. The number of benzene rings is 2. The first-order valence-electron chi connectivity index (χ1n) is 12.7. The summed E-state index contributed by atoms with van der Waals surface area (Å²) < 4.78 is 22.7. The van der Waals surface area contributed by atoms with Crippen molar-refractivity contribution in [1.29, 1.82) is 0 Å². The zero-order chi connectivity index (χ0) is 26.8. The number of nitrogens with zero attached hydrogens (tertiary/aromatic N) is 5. The van der Waals surface area contributed by atoms with Gasteiger partial charge < -0.3 is 10.1 Å². The zero-order valence-electron chi connectivity index (χ0n) is 21.9. The van der Waals surface area contributed by atoms with Crippen molar-refractivity contribution in [2.24, 2.45) is 0 Å². The van der Waals surface area contributed by atoms with Crippen molar-refractivity contribution in [2.75, 3.05) is 12.4 Å². The Hall–Kier alpha value is -3.66. The molecular formula is C28H31FN6O2S. The van der Waals surface area contributed by atoms with Crippen LogP contribution in [0.25, 0.3) is 11.4 Å². The molecule has 4 aromatic rings. The molecule has 2 atom stereocenters. The number of aryl methyl sites for hydroxylation is 4. The van der Waals surface area contributed by atoms with E-state index in [9.17, 15) is 9.18 Å². The van der Waals surface area contributed by atoms with Crippen LogP contribution in [0.5, 0.6) is 5.75 Å². The van der Waals surface area contributed by atoms with Gasteiger partial charge in [0.25, 0.3) is 0 Å². The Balaban J connectivity index is 1.40. The number of anilines is 1. The Morgan fingerprint density at radius 3 is 2.66 bits per heavy atom. The minimum Gasteiger partial charge on any atom is -0.497 e. The Bertz CT molecular complexity index is 1450. The third-order valence-corrected chi connectivity index (χ3v) is 8.20. The maximum Gasteiger partial charge on any atom is 0.237 e. The van der Waals surface area contributed by atoms with Crippen molar-refractivity contribution in [2.45, 2.75) is 57.2 Å². The van der Waals surface area contributed by atoms with Gasteiger partial charge in [-0.1, -0.05) is 6.92 Å². The lowest BCUT2D eigenvalue weighted by molar-refractivity contribution is -0.115. The molecule has 10 heteroatoms. The van der Waals surface area contributed by atoms with Gasteiger partial charge in [0.05, 0.1) is 18.1 Å². The number of fused-ring (bicyclic) bond motifs is 3. The topological polar surface area (TPSA) is 86.9 Å². The number of carbonyl (C=O) groups is 1. The van der Waals surface area contributed by atoms with Gasteiger partial charge in [0.1, 0.15) is 16.9 Å². The summed E-state index contributed by atoms with van der Waals surface area (Å²) >= 11 is 1.57. The summed E-state index contributed by atoms with van der Waals surface area (Å²) in [5.74, 6) is 1.86. The van der Waals surface area contributed by atoms with E-state index in [4.69, 9.17) is 14.8 Å². The fourth-order valence-corrected chi connectivity index (χ4v) is 6.01. The van der Waals surface area contributed by atoms with E-state index in [1.807, 2.05) is 48.3 Å². The predicted octanol–water partition coefficient (Wildman–Crippen LogP) is 5.35. The first-order chi connectivity index (χ1) is 18.3. The second kappa shape index (κ2) is 11.0. The van der Waals surface area contributed by atoms with Crippen LogP contribution in [-0.4, -0.2) is 42.8 Å². The van der Waals surface area contributed by atoms with Crippen LogP contribution >= 0.6 is 11.8 Å². The number of aromatic nitrogens is 5. The third-order valence-electron chi connectivity index (χ3n) is 6.64. The predicted molar refractivity (Wildman–Crippen MR) is 147 cm³/mol. The van der Waals surface area contributed by atoms with Gasteiger partial charge in [-0.25, -0.2) is 14.1 Å². The van der Waals surface area contributed by atoms with E-state index < -0.39 is 0 Å². The fourth-order valence-electron chi connectivity index (χ4n) is 4.72. The maximum absolute atomic E-state index is 13.3. The molecule has 0 radical (unpaired) electrons. The maximum atomic E-state index is 13.3. The monoisotopic (exact) mass is 534 g/mol. The molecule has 1 aliphatic heterocycles. The van der Waals surface area contributed by atoms with Crippen LogP contribution in [0.1, 0.15) is 41.5 Å². The second-order valence-corrected chi connectivity index (χ2v) is 10.8. The first-order valence-corrected chi connectivity index (χ1v) is 13.6. The molecule has 8 nitrogen and oxygen atoms in total. The van der Waals surface area contributed by atoms with Gasteiger partial charge in [-0.3, -0.25) is 9.48 Å². The number of thioether (sulfide) groups is 1. The molecule has 5 rings (SSSR count). The Labute approximate surface area is 225 Å². The van der Waals surface area contributed by atoms with E-state index in [1.54, 1.807) is 31.0 Å². The number of halogens is 1. The van der Waals surface area contributed by atoms with E-state index in [-0.39, 0.29) is 22.3 Å². The number of hydrogen-bond acceptors (Lipinski definition) is 6. The number of hydrogen-bond donors (Lipinski definition) is 1. The Morgan fingerprint density at radius 2 is 1.97 bits per heavy atom. The van der Waals surface area contributed by atoms with E-state index >= 15 is 0 Å². The van der Waals surface area contributed by atoms with Crippen molar-refractivity contribution in [3.63, 3.8) is 0 Å². The molecule has 0 fully saturated rings. The molecule has 1 aliphatic rings. The van der Waals surface area contributed by atoms with Crippen molar-refractivity contribution in [3.8, 4) is 17.1 Å². The molecule has 0 bridgehead atoms. The number of amides is 1. The highest BCUT2D eigenvalue weighted by molar-refractivity contribution is 8.00. The summed E-state index contributed by atoms with van der Waals surface area (Å²) in [6.45, 7) is 6.71. The van der Waals surface area contributed by atoms with Gasteiger partial charge in [0.15, 0.2) is 11.6 Å². The number of rotatable bonds is 9. The SMILES string of the molecule is CCC(SC1Cc2cc(OC)ccc2-c2nc(CCn3nc(C)cc3C)nn21)C(=O)Nc1ccc(F)cc1. The smallest absolute Gasteiger partial charge is 0.237 e. The number of nitrogens with one attached hydrogen (secondary N) is 1. The molecular weight excluding hydrogens is 503 g/mol. The van der Waals surface area contributed by atoms with E-state index in [0.29, 0.717) is 31.5 Å². The number of ether oxygens (including phenoxy) is 1. The van der Waals surface area contributed by atoms with Crippen LogP contribution < -0.4 is 10.1 Å². The molecule has 0 saturated heterocycles. The molecule has 3 heterocycles. The summed E-state index contributed by atoms with van der Waals surface area (Å²) in [5.41, 5.74) is 4.80. The van der Waals surface area contributed by atoms with Gasteiger partial charge in [-0.05, 0) is 74.4 Å². The average molecular weight is 535 g/mol. The van der Waals surface area contributed by atoms with Crippen LogP contribution in [0.15, 0.2) is 48.5 Å². The Kier molecular flexibility index (Phi) is 7.51. The van der Waals surface area contributed by atoms with E-state index in [2.05, 4.69) is 16.5 Å². The summed E-state index contributed by atoms with van der Waals surface area (Å²) in [6.07, 6.45) is 1.96. The van der Waals surface area contributed by atoms with Crippen LogP contribution in [0.3, 0.4) is 0 Å². The number of methoxy groups -OCH3 is 1. The zero-order valence-corrected chi connectivity index (χ0v) is 22.8. The normalized spacial score (nSPS) is 15.0. The standard InChI is InChI=1S/C28H31FN6O2S/c1-5-24(28(36)30-21-8-6-20(29)7-9-21)38-26-16-19-15-22(37-4)10-11-23(19)27-31-25(33-35(26)27)12-13-34-18(3)14-17(2)32-34/h6-11,14-15,24,26H,5,12-13,16H2,1-4H3,(H,30,36). The van der Waals surface area contributed by atoms with Crippen LogP contribution in [0.2, 0.25) is 0 Å². The van der Waals surface area contributed by atoms with Gasteiger partial charge in [0, 0.05) is 36.3 Å². The van der Waals surface area contributed by atoms with Crippen molar-refractivity contribution >= 4 is 23.4 Å². The lowest BCUT2D eigenvalue weighted by Gasteiger charge is -2.28. The van der Waals surface area contributed by atoms with Gasteiger partial charge >= 0.3 is 0 Å². The van der Waals surface area contributed by atoms with E-state index in [0.717, 1.165) is 39.9 Å². The second-order valence-electron chi connectivity index (χ2n) is 9.41. The van der Waals surface area contributed by atoms with Gasteiger partial charge in [-0.15, -0.1) is 11.8 Å². The molecule has 1 amide bonds. The largest absolute Gasteiger partial charge is 0.497 e. The van der Waals surface area contributed by atoms with Crippen molar-refractivity contribution < 1.29 is 13.9 Å². The van der Waals surface area contributed by atoms with Crippen LogP contribution in [0.4, 0.5) is 10.1 Å². The summed E-state index contributed by atoms with van der Waals surface area (Å²) in [6, 6.07) is 13.9. The third kappa shape index (κ3) is 5.45. The average Bonchev–Trinajstić information content (AvgIpc) is 3.48. The van der Waals surface area contributed by atoms with Crippen molar-refractivity contribution in [3.05, 3.63) is 77.1 Å². The van der Waals surface area contributed by atoms with Gasteiger partial charge in [0.2, 0.25) is 5.91 Å². The highest BCUT2D eigenvalue weighted by atomic mass is 32.2. The van der Waals surface area contributed by atoms with Gasteiger partial charge in [-0.2, -0.15) is 10.2 Å². The minimum atomic E-state index is -0.340. The highest BCUT2D eigenvalue weighted by Crippen LogP contribution is 2.42. The summed E-state index contributed by atoms with van der Waals surface area (Å²) in [5, 5.41) is 11.9. The molecule has 0 spiro atoms. The molecule has 2 unspecified atom stereocenters. The first kappa shape index (κ1) is 26.0. The van der Waals surface area contributed by atoms with Crippen LogP contribution in [-0.2, 0) is 24.2 Å². The fraction of sp³-hybridized carbons (Fsp3) is 0.357. The van der Waals surface area contributed by atoms with E-state index in [1.165, 1.54) is 12.1 Å². The lowest BCUT2D eigenvalue weighted by atomic mass is 10.0. The molecule has 2 aromatic heterocycles.